The molecule has 1 unspecified atom stereocenters. The van der Waals surface area contributed by atoms with E-state index in [1.54, 1.807) is 18.2 Å². The normalized spacial score (nSPS) is 14.1. The lowest BCUT2D eigenvalue weighted by Gasteiger charge is -2.29. The van der Waals surface area contributed by atoms with Crippen molar-refractivity contribution in [2.45, 2.75) is 32.2 Å². The molecule has 18 heavy (non-hydrogen) atoms. The van der Waals surface area contributed by atoms with Gasteiger partial charge >= 0.3 is 0 Å². The molecule has 100 valence electrons. The summed E-state index contributed by atoms with van der Waals surface area (Å²) in [7, 11) is 0. The molecule has 1 aromatic carbocycles. The number of halogens is 3. The predicted octanol–water partition coefficient (Wildman–Crippen LogP) is 4.79. The van der Waals surface area contributed by atoms with Crippen LogP contribution in [0.3, 0.4) is 0 Å². The second-order valence-corrected chi connectivity index (χ2v) is 6.52. The second-order valence-electron chi connectivity index (χ2n) is 4.43. The summed E-state index contributed by atoms with van der Waals surface area (Å²) in [6.45, 7) is 4.12. The van der Waals surface area contributed by atoms with Gasteiger partial charge in [0, 0.05) is 20.4 Å². The molecule has 0 heterocycles. The van der Waals surface area contributed by atoms with Crippen LogP contribution in [0.25, 0.3) is 0 Å². The molecule has 2 nitrogen and oxygen atoms in total. The molecule has 0 fully saturated rings. The van der Waals surface area contributed by atoms with Gasteiger partial charge in [0.25, 0.3) is 5.91 Å². The van der Waals surface area contributed by atoms with Gasteiger partial charge in [-0.3, -0.25) is 4.79 Å². The molecule has 0 spiro atoms. The van der Waals surface area contributed by atoms with E-state index in [0.717, 1.165) is 18.2 Å². The van der Waals surface area contributed by atoms with E-state index in [2.05, 4.69) is 51.0 Å². The van der Waals surface area contributed by atoms with Gasteiger partial charge in [0.2, 0.25) is 0 Å². The topological polar surface area (TPSA) is 29.1 Å². The average molecular weight is 398 g/mol. The van der Waals surface area contributed by atoms with Crippen molar-refractivity contribution < 1.29 is 4.79 Å². The van der Waals surface area contributed by atoms with Gasteiger partial charge in [-0.05, 0) is 53.9 Å². The van der Waals surface area contributed by atoms with Crippen molar-refractivity contribution in [2.24, 2.45) is 0 Å². The summed E-state index contributed by atoms with van der Waals surface area (Å²) in [5.74, 6) is -0.0798. The number of benzene rings is 1. The first-order valence-electron chi connectivity index (χ1n) is 5.75. The molecule has 1 atom stereocenters. The van der Waals surface area contributed by atoms with Gasteiger partial charge in [-0.2, -0.15) is 0 Å². The molecule has 0 aromatic heterocycles. The highest BCUT2D eigenvalue weighted by Gasteiger charge is 2.24. The molecule has 5 heteroatoms. The summed E-state index contributed by atoms with van der Waals surface area (Å²) < 4.78 is 0.713. The van der Waals surface area contributed by atoms with Gasteiger partial charge in [0.05, 0.1) is 5.56 Å². The van der Waals surface area contributed by atoms with Gasteiger partial charge < -0.3 is 5.32 Å². The molecule has 1 amide bonds. The zero-order chi connectivity index (χ0) is 13.8. The van der Waals surface area contributed by atoms with E-state index in [9.17, 15) is 4.79 Å². The van der Waals surface area contributed by atoms with Gasteiger partial charge in [-0.1, -0.05) is 34.5 Å². The van der Waals surface area contributed by atoms with Crippen LogP contribution in [-0.2, 0) is 0 Å². The van der Waals surface area contributed by atoms with Crippen molar-refractivity contribution in [3.8, 4) is 0 Å². The predicted molar refractivity (Wildman–Crippen MR) is 83.7 cm³/mol. The number of hydrogen-bond donors (Lipinski definition) is 1. The van der Waals surface area contributed by atoms with Gasteiger partial charge in [-0.15, -0.1) is 0 Å². The van der Waals surface area contributed by atoms with Gasteiger partial charge in [0.1, 0.15) is 0 Å². The van der Waals surface area contributed by atoms with Crippen LogP contribution < -0.4 is 5.32 Å². The number of rotatable bonds is 5. The molecule has 0 radical (unpaired) electrons. The van der Waals surface area contributed by atoms with Crippen molar-refractivity contribution in [1.29, 1.82) is 0 Å². The Kier molecular flexibility index (Phi) is 6.15. The smallest absolute Gasteiger partial charge is 0.252 e. The van der Waals surface area contributed by atoms with Crippen LogP contribution >= 0.6 is 43.5 Å². The van der Waals surface area contributed by atoms with Crippen molar-refractivity contribution >= 4 is 49.4 Å². The SMILES string of the molecule is CCC(C)(CCBr)NC(=O)c1ccc(Cl)cc1Br. The summed E-state index contributed by atoms with van der Waals surface area (Å²) in [6, 6.07) is 5.17. The number of carbonyl (C=O) groups excluding carboxylic acids is 1. The van der Waals surface area contributed by atoms with E-state index in [0.29, 0.717) is 15.1 Å². The van der Waals surface area contributed by atoms with E-state index in [1.807, 2.05) is 0 Å². The molecule has 0 aliphatic rings. The highest BCUT2D eigenvalue weighted by Crippen LogP contribution is 2.23. The summed E-state index contributed by atoms with van der Waals surface area (Å²) in [5, 5.41) is 4.55. The monoisotopic (exact) mass is 395 g/mol. The second kappa shape index (κ2) is 6.92. The molecule has 1 rings (SSSR count). The standard InChI is InChI=1S/C13H16Br2ClNO/c1-3-13(2,6-7-14)17-12(18)10-5-4-9(16)8-11(10)15/h4-5,8H,3,6-7H2,1-2H3,(H,17,18). The van der Waals surface area contributed by atoms with Crippen molar-refractivity contribution in [3.63, 3.8) is 0 Å². The maximum Gasteiger partial charge on any atom is 0.252 e. The average Bonchev–Trinajstić information content (AvgIpc) is 2.28. The van der Waals surface area contributed by atoms with Gasteiger partial charge in [0.15, 0.2) is 0 Å². The van der Waals surface area contributed by atoms with Crippen LogP contribution in [0.15, 0.2) is 22.7 Å². The fourth-order valence-electron chi connectivity index (χ4n) is 1.55. The summed E-state index contributed by atoms with van der Waals surface area (Å²) in [5.41, 5.74) is 0.410. The van der Waals surface area contributed by atoms with Crippen LogP contribution in [0, 0.1) is 0 Å². The Hall–Kier alpha value is -0.0600. The van der Waals surface area contributed by atoms with Crippen LogP contribution in [0.5, 0.6) is 0 Å². The van der Waals surface area contributed by atoms with Crippen LogP contribution in [0.4, 0.5) is 0 Å². The molecule has 1 N–H and O–H groups in total. The number of carbonyl (C=O) groups is 1. The molecule has 0 saturated heterocycles. The van der Waals surface area contributed by atoms with Gasteiger partial charge in [-0.25, -0.2) is 0 Å². The molecule has 0 aliphatic heterocycles. The summed E-state index contributed by atoms with van der Waals surface area (Å²) >= 11 is 12.6. The maximum atomic E-state index is 12.2. The molecular formula is C13H16Br2ClNO. The summed E-state index contributed by atoms with van der Waals surface area (Å²) in [4.78, 5) is 12.2. The molecule has 0 aliphatic carbocycles. The van der Waals surface area contributed by atoms with Crippen molar-refractivity contribution in [2.75, 3.05) is 5.33 Å². The minimum absolute atomic E-state index is 0.0798. The maximum absolute atomic E-state index is 12.2. The highest BCUT2D eigenvalue weighted by atomic mass is 79.9. The Morgan fingerprint density at radius 2 is 2.17 bits per heavy atom. The van der Waals surface area contributed by atoms with Crippen LogP contribution in [0.2, 0.25) is 5.02 Å². The fraction of sp³-hybridized carbons (Fsp3) is 0.462. The number of hydrogen-bond acceptors (Lipinski definition) is 1. The van der Waals surface area contributed by atoms with Crippen LogP contribution in [-0.4, -0.2) is 16.8 Å². The van der Waals surface area contributed by atoms with Crippen LogP contribution in [0.1, 0.15) is 37.0 Å². The zero-order valence-electron chi connectivity index (χ0n) is 10.4. The van der Waals surface area contributed by atoms with Crippen molar-refractivity contribution in [3.05, 3.63) is 33.3 Å². The quantitative estimate of drug-likeness (QED) is 0.712. The minimum atomic E-state index is -0.195. The molecule has 0 saturated carbocycles. The first-order valence-corrected chi connectivity index (χ1v) is 8.04. The highest BCUT2D eigenvalue weighted by molar-refractivity contribution is 9.10. The Morgan fingerprint density at radius 1 is 1.50 bits per heavy atom. The zero-order valence-corrected chi connectivity index (χ0v) is 14.3. The fourth-order valence-corrected chi connectivity index (χ4v) is 3.29. The Balaban J connectivity index is 2.87. The third-order valence-corrected chi connectivity index (χ3v) is 4.31. The lowest BCUT2D eigenvalue weighted by molar-refractivity contribution is 0.0901. The van der Waals surface area contributed by atoms with E-state index >= 15 is 0 Å². The van der Waals surface area contributed by atoms with E-state index in [4.69, 9.17) is 11.6 Å². The summed E-state index contributed by atoms with van der Waals surface area (Å²) in [6.07, 6.45) is 1.77. The molecule has 1 aromatic rings. The molecular weight excluding hydrogens is 381 g/mol. The largest absolute Gasteiger partial charge is 0.347 e. The third-order valence-electron chi connectivity index (χ3n) is 3.02. The number of nitrogens with one attached hydrogen (secondary N) is 1. The Bertz CT molecular complexity index is 439. The third kappa shape index (κ3) is 4.25. The van der Waals surface area contributed by atoms with E-state index in [-0.39, 0.29) is 11.4 Å². The number of alkyl halides is 1. The lowest BCUT2D eigenvalue weighted by Crippen LogP contribution is -2.45. The van der Waals surface area contributed by atoms with E-state index < -0.39 is 0 Å². The minimum Gasteiger partial charge on any atom is -0.347 e. The van der Waals surface area contributed by atoms with Crippen molar-refractivity contribution in [1.82, 2.24) is 5.32 Å². The van der Waals surface area contributed by atoms with E-state index in [1.165, 1.54) is 0 Å². The lowest BCUT2D eigenvalue weighted by atomic mass is 9.95. The Morgan fingerprint density at radius 3 is 2.67 bits per heavy atom. The Labute approximate surface area is 130 Å². The molecule has 0 bridgehead atoms. The first-order chi connectivity index (χ1) is 8.41. The first kappa shape index (κ1) is 16.0. The number of amides is 1.